The van der Waals surface area contributed by atoms with Crippen molar-refractivity contribution in [3.63, 3.8) is 0 Å². The fourth-order valence-electron chi connectivity index (χ4n) is 3.90. The van der Waals surface area contributed by atoms with Crippen molar-refractivity contribution in [3.05, 3.63) is 30.1 Å². The lowest BCUT2D eigenvalue weighted by Gasteiger charge is -2.28. The smallest absolute Gasteiger partial charge is 0.190 e. The molecule has 0 aliphatic carbocycles. The minimum absolute atomic E-state index is 0.323. The van der Waals surface area contributed by atoms with E-state index in [-0.39, 0.29) is 12.2 Å². The molecule has 2 aliphatic heterocycles. The highest BCUT2D eigenvalue weighted by molar-refractivity contribution is 5.03. The van der Waals surface area contributed by atoms with E-state index >= 15 is 0 Å². The first kappa shape index (κ1) is 22.6. The first-order valence-corrected chi connectivity index (χ1v) is 10.9. The van der Waals surface area contributed by atoms with E-state index < -0.39 is 24.3 Å². The zero-order chi connectivity index (χ0) is 20.7. The second-order valence-electron chi connectivity index (χ2n) is 8.34. The second kappa shape index (κ2) is 10.8. The molecule has 3 rings (SSSR count). The number of unbranched alkanes of at least 4 members (excludes halogenated alkanes) is 4. The maximum Gasteiger partial charge on any atom is 0.190 e. The van der Waals surface area contributed by atoms with Gasteiger partial charge in [0.1, 0.15) is 18.3 Å². The number of pyridine rings is 1. The van der Waals surface area contributed by atoms with Crippen molar-refractivity contribution in [2.45, 2.75) is 95.9 Å². The summed E-state index contributed by atoms with van der Waals surface area (Å²) < 4.78 is 24.0. The maximum absolute atomic E-state index is 10.8. The lowest BCUT2D eigenvalue weighted by atomic mass is 10.1. The molecule has 1 unspecified atom stereocenters. The maximum atomic E-state index is 10.8. The Hall–Kier alpha value is -1.09. The summed E-state index contributed by atoms with van der Waals surface area (Å²) in [5, 5.41) is 14.0. The standard InChI is InChI=1S/C22H36N2O5/c1-4-5-6-7-10-13-26-19-18(27-21-20(19)28-22(2,3)29-21)17(25)15-23-14-16-11-8-9-12-24-16/h8-9,11-12,17-21,23,25H,4-7,10,13-15H2,1-3H3/t17?,18-,19+,20-,21-/m1/s1. The van der Waals surface area contributed by atoms with Crippen LogP contribution >= 0.6 is 0 Å². The molecule has 0 spiro atoms. The van der Waals surface area contributed by atoms with Crippen LogP contribution in [-0.2, 0) is 25.5 Å². The summed E-state index contributed by atoms with van der Waals surface area (Å²) in [4.78, 5) is 4.28. The Labute approximate surface area is 174 Å². The molecule has 2 fully saturated rings. The van der Waals surface area contributed by atoms with Crippen LogP contribution in [0.5, 0.6) is 0 Å². The highest BCUT2D eigenvalue weighted by Gasteiger charge is 2.56. The van der Waals surface area contributed by atoms with Crippen LogP contribution in [0.3, 0.4) is 0 Å². The van der Waals surface area contributed by atoms with Gasteiger partial charge in [0.25, 0.3) is 0 Å². The molecular weight excluding hydrogens is 372 g/mol. The Morgan fingerprint density at radius 3 is 2.79 bits per heavy atom. The number of nitrogens with zero attached hydrogens (tertiary/aromatic N) is 1. The molecule has 0 saturated carbocycles. The Morgan fingerprint density at radius 1 is 1.21 bits per heavy atom. The van der Waals surface area contributed by atoms with E-state index in [1.54, 1.807) is 6.20 Å². The lowest BCUT2D eigenvalue weighted by molar-refractivity contribution is -0.229. The van der Waals surface area contributed by atoms with Crippen molar-refractivity contribution in [3.8, 4) is 0 Å². The van der Waals surface area contributed by atoms with Crippen LogP contribution in [0.25, 0.3) is 0 Å². The molecule has 0 bridgehead atoms. The molecule has 2 saturated heterocycles. The van der Waals surface area contributed by atoms with E-state index in [1.807, 2.05) is 32.0 Å². The minimum Gasteiger partial charge on any atom is -0.389 e. The molecule has 2 N–H and O–H groups in total. The summed E-state index contributed by atoms with van der Waals surface area (Å²) in [5.41, 5.74) is 0.928. The normalized spacial score (nSPS) is 29.1. The number of ether oxygens (including phenoxy) is 4. The molecule has 5 atom stereocenters. The molecule has 7 nitrogen and oxygen atoms in total. The molecule has 0 radical (unpaired) electrons. The number of nitrogens with one attached hydrogen (secondary N) is 1. The van der Waals surface area contributed by atoms with Crippen LogP contribution in [0.4, 0.5) is 0 Å². The summed E-state index contributed by atoms with van der Waals surface area (Å²) >= 11 is 0. The number of hydrogen-bond acceptors (Lipinski definition) is 7. The second-order valence-corrected chi connectivity index (χ2v) is 8.34. The van der Waals surface area contributed by atoms with E-state index in [0.717, 1.165) is 18.5 Å². The molecule has 29 heavy (non-hydrogen) atoms. The molecule has 7 heteroatoms. The number of aromatic nitrogens is 1. The van der Waals surface area contributed by atoms with Gasteiger partial charge in [0.15, 0.2) is 12.1 Å². The van der Waals surface area contributed by atoms with Gasteiger partial charge in [-0.2, -0.15) is 0 Å². The van der Waals surface area contributed by atoms with Crippen molar-refractivity contribution in [2.24, 2.45) is 0 Å². The van der Waals surface area contributed by atoms with Crippen molar-refractivity contribution < 1.29 is 24.1 Å². The van der Waals surface area contributed by atoms with Crippen molar-refractivity contribution >= 4 is 0 Å². The van der Waals surface area contributed by atoms with E-state index in [4.69, 9.17) is 18.9 Å². The van der Waals surface area contributed by atoms with Crippen molar-refractivity contribution in [2.75, 3.05) is 13.2 Å². The van der Waals surface area contributed by atoms with Crippen LogP contribution in [0, 0.1) is 0 Å². The van der Waals surface area contributed by atoms with Gasteiger partial charge in [-0.15, -0.1) is 0 Å². The number of aliphatic hydroxyl groups is 1. The zero-order valence-electron chi connectivity index (χ0n) is 17.9. The third-order valence-electron chi connectivity index (χ3n) is 5.35. The predicted molar refractivity (Wildman–Crippen MR) is 109 cm³/mol. The van der Waals surface area contributed by atoms with Gasteiger partial charge in [0.05, 0.1) is 11.8 Å². The fourth-order valence-corrected chi connectivity index (χ4v) is 3.90. The molecule has 1 aromatic rings. The van der Waals surface area contributed by atoms with Gasteiger partial charge in [-0.05, 0) is 32.4 Å². The molecular formula is C22H36N2O5. The van der Waals surface area contributed by atoms with Gasteiger partial charge in [-0.25, -0.2) is 0 Å². The monoisotopic (exact) mass is 408 g/mol. The van der Waals surface area contributed by atoms with E-state index in [1.165, 1.54) is 19.3 Å². The average molecular weight is 409 g/mol. The van der Waals surface area contributed by atoms with Gasteiger partial charge in [0, 0.05) is 25.9 Å². The number of rotatable bonds is 12. The Morgan fingerprint density at radius 2 is 2.03 bits per heavy atom. The summed E-state index contributed by atoms with van der Waals surface area (Å²) in [6.07, 6.45) is 5.21. The lowest BCUT2D eigenvalue weighted by Crippen LogP contribution is -2.46. The van der Waals surface area contributed by atoms with Crippen LogP contribution in [0.15, 0.2) is 24.4 Å². The van der Waals surface area contributed by atoms with Crippen molar-refractivity contribution in [1.82, 2.24) is 10.3 Å². The summed E-state index contributed by atoms with van der Waals surface area (Å²) in [5.74, 6) is -0.703. The van der Waals surface area contributed by atoms with Crippen LogP contribution < -0.4 is 5.32 Å². The molecule has 0 aromatic carbocycles. The van der Waals surface area contributed by atoms with Gasteiger partial charge < -0.3 is 29.4 Å². The minimum atomic E-state index is -0.732. The quantitative estimate of drug-likeness (QED) is 0.515. The molecule has 3 heterocycles. The Balaban J connectivity index is 1.50. The van der Waals surface area contributed by atoms with Crippen LogP contribution in [0.1, 0.15) is 58.6 Å². The largest absolute Gasteiger partial charge is 0.389 e. The topological polar surface area (TPSA) is 82.1 Å². The van der Waals surface area contributed by atoms with Gasteiger partial charge in [-0.1, -0.05) is 38.7 Å². The first-order valence-electron chi connectivity index (χ1n) is 10.9. The van der Waals surface area contributed by atoms with Crippen LogP contribution in [-0.4, -0.2) is 59.7 Å². The van der Waals surface area contributed by atoms with E-state index in [9.17, 15) is 5.11 Å². The number of fused-ring (bicyclic) bond motifs is 1. The SMILES string of the molecule is CCCCCCCO[C@@H]1[C@H]2OC(C)(C)O[C@H]2O[C@@H]1C(O)CNCc1ccccn1. The summed E-state index contributed by atoms with van der Waals surface area (Å²) in [6, 6.07) is 5.78. The number of hydrogen-bond donors (Lipinski definition) is 2. The fraction of sp³-hybridized carbons (Fsp3) is 0.773. The summed E-state index contributed by atoms with van der Waals surface area (Å²) in [7, 11) is 0. The molecule has 0 amide bonds. The van der Waals surface area contributed by atoms with Gasteiger partial charge in [-0.3, -0.25) is 4.98 Å². The summed E-state index contributed by atoms with van der Waals surface area (Å²) in [6.45, 7) is 7.54. The molecule has 2 aliphatic rings. The predicted octanol–water partition coefficient (Wildman–Crippen LogP) is 2.76. The van der Waals surface area contributed by atoms with Crippen molar-refractivity contribution in [1.29, 1.82) is 0 Å². The van der Waals surface area contributed by atoms with E-state index in [0.29, 0.717) is 19.7 Å². The molecule has 164 valence electrons. The Bertz CT molecular complexity index is 600. The van der Waals surface area contributed by atoms with Crippen LogP contribution in [0.2, 0.25) is 0 Å². The third kappa shape index (κ3) is 6.44. The average Bonchev–Trinajstić information content (AvgIpc) is 3.17. The first-order chi connectivity index (χ1) is 14.0. The highest BCUT2D eigenvalue weighted by Crippen LogP contribution is 2.39. The zero-order valence-corrected chi connectivity index (χ0v) is 17.9. The van der Waals surface area contributed by atoms with Gasteiger partial charge >= 0.3 is 0 Å². The van der Waals surface area contributed by atoms with Gasteiger partial charge in [0.2, 0.25) is 0 Å². The third-order valence-corrected chi connectivity index (χ3v) is 5.35. The molecule has 1 aromatic heterocycles. The highest BCUT2D eigenvalue weighted by atomic mass is 16.8. The van der Waals surface area contributed by atoms with E-state index in [2.05, 4.69) is 17.2 Å². The number of aliphatic hydroxyl groups excluding tert-OH is 1. The Kier molecular flexibility index (Phi) is 8.41.